The highest BCUT2D eigenvalue weighted by Gasteiger charge is 2.10. The lowest BCUT2D eigenvalue weighted by molar-refractivity contribution is 0.177. The standard InChI is InChI=1S/C13H13IN2O2/c1-18-13-7-11(15-8-16-13)6-12(17)9-3-2-4-10(14)5-9/h2-5,7-8,12,17H,6H2,1H3. The third kappa shape index (κ3) is 3.39. The smallest absolute Gasteiger partial charge is 0.216 e. The number of rotatable bonds is 4. The molecule has 94 valence electrons. The number of nitrogens with zero attached hydrogens (tertiary/aromatic N) is 2. The molecule has 0 aliphatic rings. The largest absolute Gasteiger partial charge is 0.481 e. The van der Waals surface area contributed by atoms with E-state index in [1.165, 1.54) is 6.33 Å². The van der Waals surface area contributed by atoms with Crippen LogP contribution < -0.4 is 4.74 Å². The van der Waals surface area contributed by atoms with Crippen LogP contribution in [-0.4, -0.2) is 22.2 Å². The van der Waals surface area contributed by atoms with Gasteiger partial charge in [0.25, 0.3) is 0 Å². The maximum Gasteiger partial charge on any atom is 0.216 e. The van der Waals surface area contributed by atoms with Crippen LogP contribution in [0.4, 0.5) is 0 Å². The first-order chi connectivity index (χ1) is 8.69. The van der Waals surface area contributed by atoms with E-state index in [2.05, 4.69) is 32.6 Å². The van der Waals surface area contributed by atoms with E-state index in [9.17, 15) is 5.11 Å². The molecule has 4 nitrogen and oxygen atoms in total. The average molecular weight is 356 g/mol. The van der Waals surface area contributed by atoms with Gasteiger partial charge >= 0.3 is 0 Å². The van der Waals surface area contributed by atoms with Gasteiger partial charge in [-0.05, 0) is 40.3 Å². The van der Waals surface area contributed by atoms with E-state index >= 15 is 0 Å². The molecule has 0 fully saturated rings. The Morgan fingerprint density at radius 3 is 2.89 bits per heavy atom. The average Bonchev–Trinajstić information content (AvgIpc) is 2.39. The molecular formula is C13H13IN2O2. The fourth-order valence-electron chi connectivity index (χ4n) is 1.63. The van der Waals surface area contributed by atoms with Gasteiger partial charge in [-0.3, -0.25) is 0 Å². The van der Waals surface area contributed by atoms with Crippen molar-refractivity contribution >= 4 is 22.6 Å². The normalized spacial score (nSPS) is 12.2. The Hall–Kier alpha value is -1.21. The summed E-state index contributed by atoms with van der Waals surface area (Å²) in [5, 5.41) is 10.2. The van der Waals surface area contributed by atoms with Gasteiger partial charge in [0.1, 0.15) is 6.33 Å². The van der Waals surface area contributed by atoms with Gasteiger partial charge < -0.3 is 9.84 Å². The first-order valence-corrected chi connectivity index (χ1v) is 6.55. The number of halogens is 1. The predicted octanol–water partition coefficient (Wildman–Crippen LogP) is 2.37. The summed E-state index contributed by atoms with van der Waals surface area (Å²) in [6.07, 6.45) is 1.31. The minimum absolute atomic E-state index is 0.443. The van der Waals surface area contributed by atoms with Gasteiger partial charge in [-0.2, -0.15) is 0 Å². The van der Waals surface area contributed by atoms with E-state index in [1.807, 2.05) is 24.3 Å². The molecule has 0 amide bonds. The molecule has 0 bridgehead atoms. The van der Waals surface area contributed by atoms with Gasteiger partial charge in [0, 0.05) is 16.1 Å². The molecule has 1 heterocycles. The topological polar surface area (TPSA) is 55.2 Å². The quantitative estimate of drug-likeness (QED) is 0.855. The van der Waals surface area contributed by atoms with Crippen molar-refractivity contribution in [2.45, 2.75) is 12.5 Å². The summed E-state index contributed by atoms with van der Waals surface area (Å²) in [5.74, 6) is 0.509. The molecule has 2 rings (SSSR count). The Morgan fingerprint density at radius 2 is 2.17 bits per heavy atom. The van der Waals surface area contributed by atoms with Gasteiger partial charge in [0.15, 0.2) is 0 Å². The summed E-state index contributed by atoms with van der Waals surface area (Å²) in [7, 11) is 1.56. The zero-order valence-electron chi connectivity index (χ0n) is 9.88. The third-order valence-corrected chi connectivity index (χ3v) is 3.21. The van der Waals surface area contributed by atoms with Crippen LogP contribution in [0, 0.1) is 3.57 Å². The number of hydrogen-bond donors (Lipinski definition) is 1. The van der Waals surface area contributed by atoms with Crippen LogP contribution in [0.2, 0.25) is 0 Å². The molecule has 1 aromatic carbocycles. The SMILES string of the molecule is COc1cc(CC(O)c2cccc(I)c2)ncn1. The zero-order chi connectivity index (χ0) is 13.0. The second-order valence-electron chi connectivity index (χ2n) is 3.83. The van der Waals surface area contributed by atoms with Gasteiger partial charge in [-0.1, -0.05) is 12.1 Å². The van der Waals surface area contributed by atoms with Crippen LogP contribution in [-0.2, 0) is 6.42 Å². The molecule has 1 N–H and O–H groups in total. The molecular weight excluding hydrogens is 343 g/mol. The zero-order valence-corrected chi connectivity index (χ0v) is 12.0. The molecule has 1 aromatic heterocycles. The highest BCUT2D eigenvalue weighted by molar-refractivity contribution is 14.1. The number of hydrogen-bond acceptors (Lipinski definition) is 4. The van der Waals surface area contributed by atoms with Crippen molar-refractivity contribution in [2.24, 2.45) is 0 Å². The summed E-state index contributed by atoms with van der Waals surface area (Å²) >= 11 is 2.22. The van der Waals surface area contributed by atoms with Crippen molar-refractivity contribution in [1.82, 2.24) is 9.97 Å². The highest BCUT2D eigenvalue weighted by Crippen LogP contribution is 2.20. The first kappa shape index (κ1) is 13.2. The Balaban J connectivity index is 2.13. The third-order valence-electron chi connectivity index (χ3n) is 2.54. The second-order valence-corrected chi connectivity index (χ2v) is 5.07. The number of aromatic nitrogens is 2. The van der Waals surface area contributed by atoms with Gasteiger partial charge in [0.2, 0.25) is 5.88 Å². The van der Waals surface area contributed by atoms with Crippen LogP contribution in [0.5, 0.6) is 5.88 Å². The monoisotopic (exact) mass is 356 g/mol. The van der Waals surface area contributed by atoms with Crippen LogP contribution in [0.25, 0.3) is 0 Å². The number of aliphatic hydroxyl groups is 1. The lowest BCUT2D eigenvalue weighted by atomic mass is 10.1. The fraction of sp³-hybridized carbons (Fsp3) is 0.231. The van der Waals surface area contributed by atoms with Crippen LogP contribution in [0.1, 0.15) is 17.4 Å². The molecule has 1 unspecified atom stereocenters. The fourth-order valence-corrected chi connectivity index (χ4v) is 2.20. The number of aliphatic hydroxyl groups excluding tert-OH is 1. The van der Waals surface area contributed by atoms with E-state index in [0.717, 1.165) is 14.8 Å². The summed E-state index contributed by atoms with van der Waals surface area (Å²) in [6.45, 7) is 0. The first-order valence-electron chi connectivity index (χ1n) is 5.47. The van der Waals surface area contributed by atoms with Crippen LogP contribution in [0.15, 0.2) is 36.7 Å². The van der Waals surface area contributed by atoms with Gasteiger partial charge in [-0.15, -0.1) is 0 Å². The minimum atomic E-state index is -0.570. The van der Waals surface area contributed by atoms with E-state index < -0.39 is 6.10 Å². The summed E-state index contributed by atoms with van der Waals surface area (Å²) in [6, 6.07) is 9.53. The molecule has 0 radical (unpaired) electrons. The van der Waals surface area contributed by atoms with Crippen molar-refractivity contribution in [3.8, 4) is 5.88 Å². The van der Waals surface area contributed by atoms with Crippen molar-refractivity contribution in [2.75, 3.05) is 7.11 Å². The summed E-state index contributed by atoms with van der Waals surface area (Å²) < 4.78 is 6.13. The predicted molar refractivity (Wildman–Crippen MR) is 76.4 cm³/mol. The van der Waals surface area contributed by atoms with Gasteiger partial charge in [-0.25, -0.2) is 9.97 Å². The highest BCUT2D eigenvalue weighted by atomic mass is 127. The van der Waals surface area contributed by atoms with E-state index in [4.69, 9.17) is 4.74 Å². The minimum Gasteiger partial charge on any atom is -0.481 e. The van der Waals surface area contributed by atoms with Crippen molar-refractivity contribution < 1.29 is 9.84 Å². The lowest BCUT2D eigenvalue weighted by Gasteiger charge is -2.11. The molecule has 1 atom stereocenters. The Labute approximate surface area is 119 Å². The molecule has 18 heavy (non-hydrogen) atoms. The van der Waals surface area contributed by atoms with E-state index in [-0.39, 0.29) is 0 Å². The van der Waals surface area contributed by atoms with E-state index in [0.29, 0.717) is 12.3 Å². The van der Waals surface area contributed by atoms with Crippen molar-refractivity contribution in [3.05, 3.63) is 51.5 Å². The summed E-state index contributed by atoms with van der Waals surface area (Å²) in [4.78, 5) is 8.06. The molecule has 0 saturated carbocycles. The molecule has 2 aromatic rings. The molecule has 0 aliphatic carbocycles. The molecule has 0 saturated heterocycles. The molecule has 0 spiro atoms. The van der Waals surface area contributed by atoms with Crippen molar-refractivity contribution in [1.29, 1.82) is 0 Å². The van der Waals surface area contributed by atoms with Crippen LogP contribution in [0.3, 0.4) is 0 Å². The van der Waals surface area contributed by atoms with Crippen LogP contribution >= 0.6 is 22.6 Å². The maximum absolute atomic E-state index is 10.2. The maximum atomic E-state index is 10.2. The number of ether oxygens (including phenoxy) is 1. The second kappa shape index (κ2) is 6.10. The van der Waals surface area contributed by atoms with E-state index in [1.54, 1.807) is 13.2 Å². The lowest BCUT2D eigenvalue weighted by Crippen LogP contribution is -2.04. The van der Waals surface area contributed by atoms with Crippen molar-refractivity contribution in [3.63, 3.8) is 0 Å². The molecule has 0 aliphatic heterocycles. The number of benzene rings is 1. The number of methoxy groups -OCH3 is 1. The Morgan fingerprint density at radius 1 is 1.33 bits per heavy atom. The Bertz CT molecular complexity index is 534. The molecule has 5 heteroatoms. The van der Waals surface area contributed by atoms with Gasteiger partial charge in [0.05, 0.1) is 18.9 Å². The Kier molecular flexibility index (Phi) is 4.48. The summed E-state index contributed by atoms with van der Waals surface area (Å²) in [5.41, 5.74) is 1.65.